The molecule has 1 amide bonds. The first-order chi connectivity index (χ1) is 11.9. The van der Waals surface area contributed by atoms with E-state index in [-0.39, 0.29) is 23.1 Å². The largest absolute Gasteiger partial charge is 0.449 e. The Hall–Kier alpha value is -2.53. The van der Waals surface area contributed by atoms with Crippen LogP contribution < -0.4 is 11.1 Å². The molecule has 0 saturated heterocycles. The Morgan fingerprint density at radius 3 is 2.48 bits per heavy atom. The summed E-state index contributed by atoms with van der Waals surface area (Å²) in [6, 6.07) is 14.3. The summed E-state index contributed by atoms with van der Waals surface area (Å²) in [5.74, 6) is -0.815. The zero-order chi connectivity index (χ0) is 18.4. The Bertz CT molecular complexity index is 750. The van der Waals surface area contributed by atoms with Gasteiger partial charge in [-0.05, 0) is 36.6 Å². The Morgan fingerprint density at radius 1 is 1.16 bits per heavy atom. The van der Waals surface area contributed by atoms with Gasteiger partial charge in [-0.2, -0.15) is 0 Å². The smallest absolute Gasteiger partial charge is 0.338 e. The molecule has 0 saturated carbocycles. The molecule has 5 nitrogen and oxygen atoms in total. The highest BCUT2D eigenvalue weighted by Gasteiger charge is 2.20. The van der Waals surface area contributed by atoms with Crippen molar-refractivity contribution in [2.45, 2.75) is 25.9 Å². The van der Waals surface area contributed by atoms with Crippen molar-refractivity contribution in [2.24, 2.45) is 0 Å². The zero-order valence-corrected chi connectivity index (χ0v) is 14.9. The van der Waals surface area contributed by atoms with Gasteiger partial charge in [-0.25, -0.2) is 4.79 Å². The van der Waals surface area contributed by atoms with E-state index in [2.05, 4.69) is 5.32 Å². The highest BCUT2D eigenvalue weighted by molar-refractivity contribution is 6.33. The van der Waals surface area contributed by atoms with E-state index in [0.717, 1.165) is 5.56 Å². The van der Waals surface area contributed by atoms with Crippen molar-refractivity contribution in [3.63, 3.8) is 0 Å². The SMILES string of the molecule is C[C@H](CNC(=O)[C@@H](C)OC(=O)c1ccc(Cl)c(N)c1)c1ccccc1. The van der Waals surface area contributed by atoms with Crippen LogP contribution >= 0.6 is 11.6 Å². The Labute approximate surface area is 152 Å². The normalized spacial score (nSPS) is 12.9. The van der Waals surface area contributed by atoms with Crippen molar-refractivity contribution in [3.05, 3.63) is 64.7 Å². The monoisotopic (exact) mass is 360 g/mol. The fraction of sp³-hybridized carbons (Fsp3) is 0.263. The third kappa shape index (κ3) is 5.22. The van der Waals surface area contributed by atoms with Gasteiger partial charge in [-0.1, -0.05) is 48.9 Å². The third-order valence-electron chi connectivity index (χ3n) is 3.84. The Morgan fingerprint density at radius 2 is 1.84 bits per heavy atom. The van der Waals surface area contributed by atoms with Crippen LogP contribution in [0.3, 0.4) is 0 Å². The molecule has 0 aliphatic rings. The van der Waals surface area contributed by atoms with Crippen molar-refractivity contribution in [2.75, 3.05) is 12.3 Å². The lowest BCUT2D eigenvalue weighted by atomic mass is 10.0. The van der Waals surface area contributed by atoms with Crippen LogP contribution in [0.25, 0.3) is 0 Å². The second-order valence-corrected chi connectivity index (χ2v) is 6.25. The number of hydrogen-bond donors (Lipinski definition) is 2. The maximum atomic E-state index is 12.1. The zero-order valence-electron chi connectivity index (χ0n) is 14.2. The van der Waals surface area contributed by atoms with Crippen molar-refractivity contribution < 1.29 is 14.3 Å². The van der Waals surface area contributed by atoms with Crippen LogP contribution in [-0.2, 0) is 9.53 Å². The minimum atomic E-state index is -0.910. The van der Waals surface area contributed by atoms with E-state index in [1.54, 1.807) is 0 Å². The first-order valence-electron chi connectivity index (χ1n) is 7.97. The number of anilines is 1. The summed E-state index contributed by atoms with van der Waals surface area (Å²) >= 11 is 5.82. The highest BCUT2D eigenvalue weighted by Crippen LogP contribution is 2.20. The number of nitrogen functional groups attached to an aromatic ring is 1. The summed E-state index contributed by atoms with van der Waals surface area (Å²) < 4.78 is 5.18. The van der Waals surface area contributed by atoms with Crippen LogP contribution in [0.5, 0.6) is 0 Å². The van der Waals surface area contributed by atoms with Crippen molar-refractivity contribution in [1.82, 2.24) is 5.32 Å². The predicted octanol–water partition coefficient (Wildman–Crippen LogP) is 3.39. The molecule has 0 fully saturated rings. The number of hydrogen-bond acceptors (Lipinski definition) is 4. The van der Waals surface area contributed by atoms with E-state index >= 15 is 0 Å². The topological polar surface area (TPSA) is 81.4 Å². The Balaban J connectivity index is 1.87. The molecule has 0 aromatic heterocycles. The van der Waals surface area contributed by atoms with Crippen LogP contribution in [0.1, 0.15) is 35.7 Å². The van der Waals surface area contributed by atoms with E-state index in [1.807, 2.05) is 37.3 Å². The minimum absolute atomic E-state index is 0.157. The average Bonchev–Trinajstić information content (AvgIpc) is 2.62. The number of benzene rings is 2. The standard InChI is InChI=1S/C19H21ClN2O3/c1-12(14-6-4-3-5-7-14)11-22-18(23)13(2)25-19(24)15-8-9-16(20)17(21)10-15/h3-10,12-13H,11,21H2,1-2H3,(H,22,23)/t12-,13-/m1/s1. The number of amides is 1. The summed E-state index contributed by atoms with van der Waals surface area (Å²) in [5, 5.41) is 3.15. The molecular weight excluding hydrogens is 340 g/mol. The van der Waals surface area contributed by atoms with E-state index < -0.39 is 12.1 Å². The lowest BCUT2D eigenvalue weighted by molar-refractivity contribution is -0.129. The molecule has 2 aromatic rings. The molecule has 2 rings (SSSR count). The van der Waals surface area contributed by atoms with Crippen LogP contribution in [0.2, 0.25) is 5.02 Å². The van der Waals surface area contributed by atoms with Crippen LogP contribution in [0, 0.1) is 0 Å². The molecule has 0 radical (unpaired) electrons. The van der Waals surface area contributed by atoms with Crippen LogP contribution in [0.4, 0.5) is 5.69 Å². The predicted molar refractivity (Wildman–Crippen MR) is 98.6 cm³/mol. The van der Waals surface area contributed by atoms with Crippen LogP contribution in [-0.4, -0.2) is 24.5 Å². The first-order valence-corrected chi connectivity index (χ1v) is 8.35. The molecule has 0 aliphatic heterocycles. The summed E-state index contributed by atoms with van der Waals surface area (Å²) in [4.78, 5) is 24.2. The van der Waals surface area contributed by atoms with E-state index in [0.29, 0.717) is 11.6 Å². The van der Waals surface area contributed by atoms with Crippen LogP contribution in [0.15, 0.2) is 48.5 Å². The molecule has 3 N–H and O–H groups in total. The number of carbonyl (C=O) groups is 2. The summed E-state index contributed by atoms with van der Waals surface area (Å²) in [6.07, 6.45) is -0.910. The number of nitrogens with two attached hydrogens (primary N) is 1. The average molecular weight is 361 g/mol. The van der Waals surface area contributed by atoms with Crippen molar-refractivity contribution in [1.29, 1.82) is 0 Å². The number of rotatable bonds is 6. The molecule has 2 aromatic carbocycles. The molecule has 0 spiro atoms. The summed E-state index contributed by atoms with van der Waals surface area (Å²) in [6.45, 7) is 4.00. The fourth-order valence-electron chi connectivity index (χ4n) is 2.25. The Kier molecular flexibility index (Phi) is 6.42. The number of esters is 1. The van der Waals surface area contributed by atoms with Gasteiger partial charge in [0.25, 0.3) is 5.91 Å². The van der Waals surface area contributed by atoms with Gasteiger partial charge in [0.15, 0.2) is 6.10 Å². The quantitative estimate of drug-likeness (QED) is 0.611. The molecule has 2 atom stereocenters. The van der Waals surface area contributed by atoms with Crippen molar-refractivity contribution in [3.8, 4) is 0 Å². The maximum Gasteiger partial charge on any atom is 0.338 e. The van der Waals surface area contributed by atoms with Gasteiger partial charge in [0, 0.05) is 6.54 Å². The molecule has 0 heterocycles. The van der Waals surface area contributed by atoms with Gasteiger partial charge < -0.3 is 15.8 Å². The highest BCUT2D eigenvalue weighted by atomic mass is 35.5. The molecule has 6 heteroatoms. The fourth-order valence-corrected chi connectivity index (χ4v) is 2.37. The number of carbonyl (C=O) groups excluding carboxylic acids is 2. The van der Waals surface area contributed by atoms with Gasteiger partial charge in [0.05, 0.1) is 16.3 Å². The lowest BCUT2D eigenvalue weighted by Crippen LogP contribution is -2.37. The van der Waals surface area contributed by atoms with Gasteiger partial charge >= 0.3 is 5.97 Å². The molecule has 0 bridgehead atoms. The second-order valence-electron chi connectivity index (χ2n) is 5.84. The lowest BCUT2D eigenvalue weighted by Gasteiger charge is -2.17. The van der Waals surface area contributed by atoms with Gasteiger partial charge in [-0.3, -0.25) is 4.79 Å². The van der Waals surface area contributed by atoms with Crippen molar-refractivity contribution >= 4 is 29.2 Å². The molecule has 132 valence electrons. The molecule has 25 heavy (non-hydrogen) atoms. The molecular formula is C19H21ClN2O3. The summed E-state index contributed by atoms with van der Waals surface area (Å²) in [5.41, 5.74) is 7.33. The first kappa shape index (κ1) is 18.8. The second kappa shape index (κ2) is 8.53. The van der Waals surface area contributed by atoms with Gasteiger partial charge in [0.1, 0.15) is 0 Å². The summed E-state index contributed by atoms with van der Waals surface area (Å²) in [7, 11) is 0. The minimum Gasteiger partial charge on any atom is -0.449 e. The van der Waals surface area contributed by atoms with Gasteiger partial charge in [0.2, 0.25) is 0 Å². The molecule has 0 aliphatic carbocycles. The third-order valence-corrected chi connectivity index (χ3v) is 4.18. The van der Waals surface area contributed by atoms with E-state index in [4.69, 9.17) is 22.1 Å². The number of nitrogens with one attached hydrogen (secondary N) is 1. The van der Waals surface area contributed by atoms with Gasteiger partial charge in [-0.15, -0.1) is 0 Å². The number of ether oxygens (including phenoxy) is 1. The van der Waals surface area contributed by atoms with E-state index in [1.165, 1.54) is 25.1 Å². The van der Waals surface area contributed by atoms with E-state index in [9.17, 15) is 9.59 Å². The number of halogens is 1. The maximum absolute atomic E-state index is 12.1. The molecule has 0 unspecified atom stereocenters.